The van der Waals surface area contributed by atoms with Gasteiger partial charge in [0.05, 0.1) is 6.67 Å². The molecule has 5 heteroatoms. The van der Waals surface area contributed by atoms with E-state index in [-0.39, 0.29) is 0 Å². The second-order valence-corrected chi connectivity index (χ2v) is 4.90. The molecule has 4 nitrogen and oxygen atoms in total. The first kappa shape index (κ1) is 8.49. The van der Waals surface area contributed by atoms with Gasteiger partial charge in [-0.25, -0.2) is 9.03 Å². The normalized spacial score (nSPS) is 45.7. The van der Waals surface area contributed by atoms with Crippen molar-refractivity contribution in [2.75, 3.05) is 6.67 Å². The van der Waals surface area contributed by atoms with Crippen molar-refractivity contribution < 1.29 is 0 Å². The Labute approximate surface area is 83.1 Å². The van der Waals surface area contributed by atoms with E-state index in [0.717, 1.165) is 18.8 Å². The second kappa shape index (κ2) is 3.40. The van der Waals surface area contributed by atoms with E-state index < -0.39 is 0 Å². The Morgan fingerprint density at radius 3 is 3.15 bits per heavy atom. The fraction of sp³-hybridized carbons (Fsp3) is 1.00. The Kier molecular flexibility index (Phi) is 2.22. The molecule has 0 aromatic rings. The molecule has 3 unspecified atom stereocenters. The van der Waals surface area contributed by atoms with Gasteiger partial charge in [-0.1, -0.05) is 12.8 Å². The number of fused-ring (bicyclic) bond motifs is 3. The number of rotatable bonds is 0. The average molecular weight is 200 g/mol. The highest BCUT2D eigenvalue weighted by molar-refractivity contribution is 7.95. The summed E-state index contributed by atoms with van der Waals surface area (Å²) in [5, 5.41) is 7.07. The highest BCUT2D eigenvalue weighted by Gasteiger charge is 2.43. The van der Waals surface area contributed by atoms with Crippen LogP contribution >= 0.6 is 12.1 Å². The van der Waals surface area contributed by atoms with E-state index >= 15 is 0 Å². The minimum absolute atomic E-state index is 0.402. The Morgan fingerprint density at radius 1 is 1.23 bits per heavy atom. The first-order valence-corrected chi connectivity index (χ1v) is 5.90. The summed E-state index contributed by atoms with van der Waals surface area (Å²) in [6, 6.07) is 1.46. The Balaban J connectivity index is 1.76. The third-order valence-electron chi connectivity index (χ3n) is 3.22. The molecule has 1 aliphatic carbocycles. The van der Waals surface area contributed by atoms with E-state index in [9.17, 15) is 0 Å². The molecule has 2 aliphatic heterocycles. The summed E-state index contributed by atoms with van der Waals surface area (Å²) < 4.78 is 5.73. The van der Waals surface area contributed by atoms with E-state index in [1.54, 1.807) is 12.1 Å². The first-order chi connectivity index (χ1) is 6.45. The second-order valence-electron chi connectivity index (χ2n) is 4.00. The van der Waals surface area contributed by atoms with E-state index in [1.807, 2.05) is 0 Å². The zero-order valence-corrected chi connectivity index (χ0v) is 8.44. The quantitative estimate of drug-likeness (QED) is 0.487. The molecular weight excluding hydrogens is 184 g/mol. The number of hydrogen-bond donors (Lipinski definition) is 3. The zero-order chi connectivity index (χ0) is 8.67. The largest absolute Gasteiger partial charge is 0.284 e. The molecule has 0 aromatic carbocycles. The third kappa shape index (κ3) is 1.39. The predicted octanol–water partition coefficient (Wildman–Crippen LogP) is 0.200. The molecule has 3 N–H and O–H groups in total. The van der Waals surface area contributed by atoms with Crippen LogP contribution in [0.15, 0.2) is 0 Å². The Morgan fingerprint density at radius 2 is 2.15 bits per heavy atom. The van der Waals surface area contributed by atoms with Crippen molar-refractivity contribution in [3.63, 3.8) is 0 Å². The molecule has 3 rings (SSSR count). The maximum atomic E-state index is 3.65. The number of nitrogens with zero attached hydrogens (tertiary/aromatic N) is 1. The molecule has 2 heterocycles. The first-order valence-electron chi connectivity index (χ1n) is 5.13. The Bertz CT molecular complexity index is 181. The molecule has 0 radical (unpaired) electrons. The van der Waals surface area contributed by atoms with Crippen molar-refractivity contribution in [2.45, 2.75) is 44.1 Å². The van der Waals surface area contributed by atoms with Crippen molar-refractivity contribution in [1.82, 2.24) is 19.7 Å². The molecule has 3 atom stereocenters. The van der Waals surface area contributed by atoms with Gasteiger partial charge in [0.25, 0.3) is 0 Å². The summed E-state index contributed by atoms with van der Waals surface area (Å²) in [5.74, 6) is 0. The summed E-state index contributed by atoms with van der Waals surface area (Å²) >= 11 is 1.78. The van der Waals surface area contributed by atoms with Crippen LogP contribution in [-0.4, -0.2) is 29.3 Å². The van der Waals surface area contributed by atoms with Crippen LogP contribution in [-0.2, 0) is 0 Å². The standard InChI is InChI=1S/C8H16N4S/c1-2-4-7-6(3-1)11-8-9-5-10-13-12(7)8/h6-11H,1-5H2. The van der Waals surface area contributed by atoms with Gasteiger partial charge in [-0.3, -0.25) is 10.6 Å². The number of nitrogens with one attached hydrogen (secondary N) is 3. The molecule has 2 saturated heterocycles. The lowest BCUT2D eigenvalue weighted by atomic mass is 9.92. The van der Waals surface area contributed by atoms with Gasteiger partial charge in [-0.2, -0.15) is 0 Å². The lowest BCUT2D eigenvalue weighted by Gasteiger charge is -2.33. The molecule has 0 spiro atoms. The summed E-state index contributed by atoms with van der Waals surface area (Å²) in [4.78, 5) is 0. The van der Waals surface area contributed by atoms with Crippen molar-refractivity contribution in [3.05, 3.63) is 0 Å². The molecule has 3 aliphatic rings. The monoisotopic (exact) mass is 200 g/mol. The minimum Gasteiger partial charge on any atom is -0.284 e. The van der Waals surface area contributed by atoms with E-state index in [0.29, 0.717) is 6.29 Å². The highest BCUT2D eigenvalue weighted by atomic mass is 32.2. The summed E-state index contributed by atoms with van der Waals surface area (Å²) in [6.45, 7) is 0.901. The Hall–Kier alpha value is 0.190. The topological polar surface area (TPSA) is 39.3 Å². The van der Waals surface area contributed by atoms with Gasteiger partial charge in [-0.05, 0) is 12.8 Å². The maximum Gasteiger partial charge on any atom is 0.126 e. The fourth-order valence-electron chi connectivity index (χ4n) is 2.59. The maximum absolute atomic E-state index is 3.65. The van der Waals surface area contributed by atoms with Gasteiger partial charge in [0.2, 0.25) is 0 Å². The average Bonchev–Trinajstić information content (AvgIpc) is 2.56. The van der Waals surface area contributed by atoms with E-state index in [4.69, 9.17) is 0 Å². The molecule has 0 aromatic heterocycles. The van der Waals surface area contributed by atoms with Crippen LogP contribution in [0.4, 0.5) is 0 Å². The van der Waals surface area contributed by atoms with Gasteiger partial charge < -0.3 is 0 Å². The smallest absolute Gasteiger partial charge is 0.126 e. The van der Waals surface area contributed by atoms with Crippen molar-refractivity contribution in [1.29, 1.82) is 0 Å². The lowest BCUT2D eigenvalue weighted by molar-refractivity contribution is 0.257. The van der Waals surface area contributed by atoms with Crippen molar-refractivity contribution >= 4 is 12.1 Å². The van der Waals surface area contributed by atoms with E-state index in [1.165, 1.54) is 25.7 Å². The van der Waals surface area contributed by atoms with Crippen LogP contribution in [0.1, 0.15) is 25.7 Å². The molecule has 74 valence electrons. The SMILES string of the molecule is C1CCC2C(C1)NC1NCNSN12. The van der Waals surface area contributed by atoms with E-state index in [2.05, 4.69) is 19.7 Å². The molecule has 0 amide bonds. The fourth-order valence-corrected chi connectivity index (χ4v) is 3.52. The molecule has 0 bridgehead atoms. The zero-order valence-electron chi connectivity index (χ0n) is 7.62. The highest BCUT2D eigenvalue weighted by Crippen LogP contribution is 2.33. The summed E-state index contributed by atoms with van der Waals surface area (Å²) in [5.41, 5.74) is 0. The van der Waals surface area contributed by atoms with Gasteiger partial charge in [0.15, 0.2) is 0 Å². The predicted molar refractivity (Wildman–Crippen MR) is 53.5 cm³/mol. The number of hydrogen-bond acceptors (Lipinski definition) is 5. The molecule has 3 fully saturated rings. The van der Waals surface area contributed by atoms with Crippen LogP contribution in [0.3, 0.4) is 0 Å². The van der Waals surface area contributed by atoms with Gasteiger partial charge in [-0.15, -0.1) is 0 Å². The molecule has 1 saturated carbocycles. The summed E-state index contributed by atoms with van der Waals surface area (Å²) in [7, 11) is 0. The van der Waals surface area contributed by atoms with Gasteiger partial charge in [0.1, 0.15) is 6.29 Å². The van der Waals surface area contributed by atoms with Crippen molar-refractivity contribution in [2.24, 2.45) is 0 Å². The summed E-state index contributed by atoms with van der Waals surface area (Å²) in [6.07, 6.45) is 5.89. The van der Waals surface area contributed by atoms with Crippen LogP contribution in [0.25, 0.3) is 0 Å². The van der Waals surface area contributed by atoms with Crippen LogP contribution in [0, 0.1) is 0 Å². The lowest BCUT2D eigenvalue weighted by Crippen LogP contribution is -2.53. The minimum atomic E-state index is 0.402. The molecule has 13 heavy (non-hydrogen) atoms. The van der Waals surface area contributed by atoms with Crippen LogP contribution in [0.5, 0.6) is 0 Å². The third-order valence-corrected chi connectivity index (χ3v) is 4.19. The van der Waals surface area contributed by atoms with Crippen LogP contribution in [0.2, 0.25) is 0 Å². The van der Waals surface area contributed by atoms with Gasteiger partial charge in [0, 0.05) is 24.2 Å². The van der Waals surface area contributed by atoms with Crippen LogP contribution < -0.4 is 15.4 Å². The van der Waals surface area contributed by atoms with Crippen molar-refractivity contribution in [3.8, 4) is 0 Å². The van der Waals surface area contributed by atoms with Gasteiger partial charge >= 0.3 is 0 Å². The molecular formula is C8H16N4S.